The minimum Gasteiger partial charge on any atom is -0.250 e. The van der Waals surface area contributed by atoms with Crippen LogP contribution in [0.3, 0.4) is 0 Å². The summed E-state index contributed by atoms with van der Waals surface area (Å²) in [5.41, 5.74) is 2.68. The van der Waals surface area contributed by atoms with E-state index in [1.54, 1.807) is 6.92 Å². The van der Waals surface area contributed by atoms with Gasteiger partial charge < -0.3 is 0 Å². The van der Waals surface area contributed by atoms with Crippen molar-refractivity contribution in [2.75, 3.05) is 6.67 Å². The summed E-state index contributed by atoms with van der Waals surface area (Å²) < 4.78 is 12.4. The Bertz CT molecular complexity index is 333. The predicted molar refractivity (Wildman–Crippen MR) is 53.1 cm³/mol. The third kappa shape index (κ3) is 1.89. The molecule has 1 aromatic carbocycles. The fraction of sp³-hybridized carbons (Fsp3) is 0.250. The van der Waals surface area contributed by atoms with Crippen LogP contribution >= 0.6 is 0 Å². The smallest absolute Gasteiger partial charge is 0.0998 e. The maximum absolute atomic E-state index is 12.4. The standard InChI is InChI=1S/C12H12F/c1-4-11-9(2)6-5-7-12(11)10(3)8-13/h1,5-7H,8H2,2-3H3. The van der Waals surface area contributed by atoms with Gasteiger partial charge in [-0.3, -0.25) is 4.39 Å². The summed E-state index contributed by atoms with van der Waals surface area (Å²) in [7, 11) is 0. The zero-order valence-corrected chi connectivity index (χ0v) is 7.89. The largest absolute Gasteiger partial charge is 0.250 e. The maximum atomic E-state index is 12.4. The highest BCUT2D eigenvalue weighted by Crippen LogP contribution is 2.21. The van der Waals surface area contributed by atoms with Gasteiger partial charge in [-0.2, -0.15) is 0 Å². The van der Waals surface area contributed by atoms with Crippen molar-refractivity contribution in [3.8, 4) is 12.3 Å². The number of hydrogen-bond acceptors (Lipinski definition) is 0. The van der Waals surface area contributed by atoms with Crippen molar-refractivity contribution < 1.29 is 4.39 Å². The minimum absolute atomic E-state index is 0.446. The van der Waals surface area contributed by atoms with Gasteiger partial charge in [-0.25, -0.2) is 0 Å². The van der Waals surface area contributed by atoms with Crippen LogP contribution < -0.4 is 0 Å². The number of aryl methyl sites for hydroxylation is 1. The molecule has 0 saturated heterocycles. The van der Waals surface area contributed by atoms with E-state index in [1.807, 2.05) is 25.1 Å². The summed E-state index contributed by atoms with van der Waals surface area (Å²) in [6.07, 6.45) is 5.36. The molecular formula is C12H12F. The van der Waals surface area contributed by atoms with Gasteiger partial charge >= 0.3 is 0 Å². The zero-order chi connectivity index (χ0) is 9.84. The Hall–Kier alpha value is -1.29. The van der Waals surface area contributed by atoms with E-state index in [9.17, 15) is 4.39 Å². The molecule has 67 valence electrons. The molecule has 13 heavy (non-hydrogen) atoms. The molecule has 0 atom stereocenters. The Morgan fingerprint density at radius 3 is 2.77 bits per heavy atom. The molecule has 1 aromatic rings. The first-order valence-electron chi connectivity index (χ1n) is 4.15. The lowest BCUT2D eigenvalue weighted by Gasteiger charge is -2.10. The first-order chi connectivity index (χ1) is 6.20. The highest BCUT2D eigenvalue weighted by molar-refractivity contribution is 5.51. The monoisotopic (exact) mass is 175 g/mol. The van der Waals surface area contributed by atoms with Crippen molar-refractivity contribution in [3.05, 3.63) is 40.8 Å². The summed E-state index contributed by atoms with van der Waals surface area (Å²) >= 11 is 0. The Morgan fingerprint density at radius 1 is 1.54 bits per heavy atom. The Balaban J connectivity index is 3.22. The van der Waals surface area contributed by atoms with Gasteiger partial charge in [0.15, 0.2) is 0 Å². The van der Waals surface area contributed by atoms with Gasteiger partial charge in [0.1, 0.15) is 0 Å². The molecule has 0 fully saturated rings. The molecule has 0 aliphatic heterocycles. The number of benzene rings is 1. The Labute approximate surface area is 78.8 Å². The number of rotatable bonds is 2. The van der Waals surface area contributed by atoms with Crippen LogP contribution in [0.1, 0.15) is 23.6 Å². The van der Waals surface area contributed by atoms with E-state index in [0.717, 1.165) is 16.7 Å². The quantitative estimate of drug-likeness (QED) is 0.606. The van der Waals surface area contributed by atoms with Crippen LogP contribution in [0.15, 0.2) is 18.2 Å². The molecule has 1 rings (SSSR count). The van der Waals surface area contributed by atoms with Crippen molar-refractivity contribution in [1.82, 2.24) is 0 Å². The topological polar surface area (TPSA) is 0 Å². The fourth-order valence-corrected chi connectivity index (χ4v) is 1.29. The SMILES string of the molecule is C#Cc1c(C)cccc1[C](C)CF. The average molecular weight is 175 g/mol. The van der Waals surface area contributed by atoms with E-state index in [4.69, 9.17) is 6.42 Å². The molecule has 0 amide bonds. The lowest BCUT2D eigenvalue weighted by Crippen LogP contribution is -2.01. The summed E-state index contributed by atoms with van der Waals surface area (Å²) in [5, 5.41) is 0. The fourth-order valence-electron chi connectivity index (χ4n) is 1.29. The second-order valence-corrected chi connectivity index (χ2v) is 3.06. The first-order valence-corrected chi connectivity index (χ1v) is 4.15. The van der Waals surface area contributed by atoms with E-state index in [1.165, 1.54) is 0 Å². The van der Waals surface area contributed by atoms with E-state index < -0.39 is 6.67 Å². The van der Waals surface area contributed by atoms with Crippen LogP contribution in [0.2, 0.25) is 0 Å². The summed E-state index contributed by atoms with van der Waals surface area (Å²) in [6, 6.07) is 5.69. The van der Waals surface area contributed by atoms with Gasteiger partial charge in [-0.05, 0) is 18.1 Å². The summed E-state index contributed by atoms with van der Waals surface area (Å²) in [4.78, 5) is 0. The molecule has 0 aromatic heterocycles. The number of alkyl halides is 1. The van der Waals surface area contributed by atoms with Crippen LogP contribution in [-0.4, -0.2) is 6.67 Å². The molecule has 0 aliphatic carbocycles. The van der Waals surface area contributed by atoms with Gasteiger partial charge in [-0.1, -0.05) is 31.0 Å². The lowest BCUT2D eigenvalue weighted by atomic mass is 9.94. The molecule has 0 N–H and O–H groups in total. The van der Waals surface area contributed by atoms with Crippen molar-refractivity contribution in [2.45, 2.75) is 13.8 Å². The highest BCUT2D eigenvalue weighted by Gasteiger charge is 2.10. The van der Waals surface area contributed by atoms with E-state index in [2.05, 4.69) is 5.92 Å². The average Bonchev–Trinajstić information content (AvgIpc) is 2.16. The molecule has 0 heterocycles. The predicted octanol–water partition coefficient (Wildman–Crippen LogP) is 2.89. The van der Waals surface area contributed by atoms with Gasteiger partial charge in [0.05, 0.1) is 6.67 Å². The number of halogens is 1. The van der Waals surface area contributed by atoms with Gasteiger partial charge in [0.25, 0.3) is 0 Å². The summed E-state index contributed by atoms with van der Waals surface area (Å²) in [5.74, 6) is 3.28. The van der Waals surface area contributed by atoms with Crippen molar-refractivity contribution >= 4 is 0 Å². The van der Waals surface area contributed by atoms with Crippen LogP contribution in [0.5, 0.6) is 0 Å². The second kappa shape index (κ2) is 4.09. The van der Waals surface area contributed by atoms with E-state index in [-0.39, 0.29) is 0 Å². The second-order valence-electron chi connectivity index (χ2n) is 3.06. The normalized spacial score (nSPS) is 10.1. The Kier molecular flexibility index (Phi) is 3.08. The molecular weight excluding hydrogens is 163 g/mol. The highest BCUT2D eigenvalue weighted by atomic mass is 19.1. The molecule has 0 spiro atoms. The first kappa shape index (κ1) is 9.80. The lowest BCUT2D eigenvalue weighted by molar-refractivity contribution is 0.516. The maximum Gasteiger partial charge on any atom is 0.0998 e. The van der Waals surface area contributed by atoms with Gasteiger partial charge in [0.2, 0.25) is 0 Å². The van der Waals surface area contributed by atoms with Crippen LogP contribution in [0.25, 0.3) is 0 Å². The van der Waals surface area contributed by atoms with Crippen molar-refractivity contribution in [1.29, 1.82) is 0 Å². The van der Waals surface area contributed by atoms with Crippen LogP contribution in [0, 0.1) is 25.2 Å². The van der Waals surface area contributed by atoms with Crippen LogP contribution in [-0.2, 0) is 0 Å². The third-order valence-corrected chi connectivity index (χ3v) is 2.08. The molecule has 0 nitrogen and oxygen atoms in total. The molecule has 0 bridgehead atoms. The third-order valence-electron chi connectivity index (χ3n) is 2.08. The Morgan fingerprint density at radius 2 is 2.23 bits per heavy atom. The van der Waals surface area contributed by atoms with E-state index in [0.29, 0.717) is 5.92 Å². The number of terminal acetylenes is 1. The van der Waals surface area contributed by atoms with E-state index >= 15 is 0 Å². The molecule has 0 aliphatic rings. The minimum atomic E-state index is -0.446. The molecule has 0 unspecified atom stereocenters. The van der Waals surface area contributed by atoms with Gasteiger partial charge in [0, 0.05) is 11.5 Å². The van der Waals surface area contributed by atoms with Crippen molar-refractivity contribution in [2.24, 2.45) is 0 Å². The van der Waals surface area contributed by atoms with Crippen molar-refractivity contribution in [3.63, 3.8) is 0 Å². The van der Waals surface area contributed by atoms with Gasteiger partial charge in [-0.15, -0.1) is 6.42 Å². The zero-order valence-electron chi connectivity index (χ0n) is 7.89. The number of hydrogen-bond donors (Lipinski definition) is 0. The summed E-state index contributed by atoms with van der Waals surface area (Å²) in [6.45, 7) is 3.25. The van der Waals surface area contributed by atoms with Crippen LogP contribution in [0.4, 0.5) is 4.39 Å². The molecule has 0 saturated carbocycles. The molecule has 1 heteroatoms. The molecule has 1 radical (unpaired) electrons.